The number of nitrogens with one attached hydrogen (secondary N) is 1. The summed E-state index contributed by atoms with van der Waals surface area (Å²) in [5.74, 6) is 0.0654. The molecule has 0 fully saturated rings. The first-order valence-electron chi connectivity index (χ1n) is 5.80. The van der Waals surface area contributed by atoms with E-state index in [-0.39, 0.29) is 17.4 Å². The SMILES string of the molecule is CCc1c(O)c2c(C)nn(C(C)C)c2[nH]c1=O. The quantitative estimate of drug-likeness (QED) is 0.834. The molecule has 2 aromatic rings. The minimum atomic E-state index is -0.237. The zero-order valence-electron chi connectivity index (χ0n) is 10.5. The Labute approximate surface area is 99.1 Å². The lowest BCUT2D eigenvalue weighted by molar-refractivity contribution is 0.473. The number of fused-ring (bicyclic) bond motifs is 1. The van der Waals surface area contributed by atoms with E-state index in [0.717, 1.165) is 5.69 Å². The average Bonchev–Trinajstić information content (AvgIpc) is 2.56. The van der Waals surface area contributed by atoms with E-state index in [1.165, 1.54) is 0 Å². The second-order valence-corrected chi connectivity index (χ2v) is 4.48. The summed E-state index contributed by atoms with van der Waals surface area (Å²) < 4.78 is 1.73. The van der Waals surface area contributed by atoms with E-state index in [2.05, 4.69) is 10.1 Å². The van der Waals surface area contributed by atoms with E-state index < -0.39 is 0 Å². The molecule has 92 valence electrons. The smallest absolute Gasteiger partial charge is 0.256 e. The molecule has 0 bridgehead atoms. The lowest BCUT2D eigenvalue weighted by Gasteiger charge is -2.07. The predicted octanol–water partition coefficient (Wildman–Crippen LogP) is 1.88. The Morgan fingerprint density at radius 1 is 1.47 bits per heavy atom. The van der Waals surface area contributed by atoms with Gasteiger partial charge >= 0.3 is 0 Å². The third-order valence-corrected chi connectivity index (χ3v) is 2.96. The van der Waals surface area contributed by atoms with E-state index in [4.69, 9.17) is 0 Å². The van der Waals surface area contributed by atoms with Gasteiger partial charge in [0.15, 0.2) is 0 Å². The molecule has 0 saturated heterocycles. The van der Waals surface area contributed by atoms with Crippen molar-refractivity contribution in [1.82, 2.24) is 14.8 Å². The first-order valence-corrected chi connectivity index (χ1v) is 5.80. The first-order chi connectivity index (χ1) is 7.97. The molecule has 0 unspecified atom stereocenters. The molecule has 0 amide bonds. The molecule has 0 aliphatic carbocycles. The van der Waals surface area contributed by atoms with Gasteiger partial charge in [-0.1, -0.05) is 6.92 Å². The molecule has 5 nitrogen and oxygen atoms in total. The first kappa shape index (κ1) is 11.7. The molecule has 2 rings (SSSR count). The highest BCUT2D eigenvalue weighted by atomic mass is 16.3. The second-order valence-electron chi connectivity index (χ2n) is 4.48. The molecule has 0 aliphatic rings. The van der Waals surface area contributed by atoms with Crippen LogP contribution in [0.2, 0.25) is 0 Å². The fourth-order valence-electron chi connectivity index (χ4n) is 2.09. The highest BCUT2D eigenvalue weighted by molar-refractivity contribution is 5.86. The van der Waals surface area contributed by atoms with Gasteiger partial charge in [-0.15, -0.1) is 0 Å². The molecule has 5 heteroatoms. The number of nitrogens with zero attached hydrogens (tertiary/aromatic N) is 2. The molecular weight excluding hydrogens is 218 g/mol. The standard InChI is InChI=1S/C12H17N3O2/c1-5-8-10(16)9-7(4)14-15(6(2)3)11(9)13-12(8)17/h6H,5H2,1-4H3,(H2,13,16,17). The topological polar surface area (TPSA) is 70.9 Å². The van der Waals surface area contributed by atoms with Gasteiger partial charge in [0, 0.05) is 6.04 Å². The summed E-state index contributed by atoms with van der Waals surface area (Å²) in [6, 6.07) is 0.133. The van der Waals surface area contributed by atoms with Gasteiger partial charge in [-0.2, -0.15) is 5.10 Å². The summed E-state index contributed by atoms with van der Waals surface area (Å²) in [7, 11) is 0. The van der Waals surface area contributed by atoms with E-state index in [1.807, 2.05) is 27.7 Å². The minimum absolute atomic E-state index is 0.0654. The number of hydrogen-bond acceptors (Lipinski definition) is 3. The number of aromatic amines is 1. The Kier molecular flexibility index (Phi) is 2.69. The summed E-state index contributed by atoms with van der Waals surface area (Å²) in [5, 5.41) is 15.1. The Morgan fingerprint density at radius 3 is 2.65 bits per heavy atom. The van der Waals surface area contributed by atoms with Crippen molar-refractivity contribution in [2.45, 2.75) is 40.2 Å². The van der Waals surface area contributed by atoms with Crippen LogP contribution in [0.4, 0.5) is 0 Å². The summed E-state index contributed by atoms with van der Waals surface area (Å²) in [4.78, 5) is 14.6. The molecule has 0 spiro atoms. The summed E-state index contributed by atoms with van der Waals surface area (Å²) in [6.45, 7) is 7.64. The van der Waals surface area contributed by atoms with Crippen LogP contribution in [-0.2, 0) is 6.42 Å². The molecule has 2 N–H and O–H groups in total. The third kappa shape index (κ3) is 1.62. The molecule has 0 saturated carbocycles. The number of H-pyrrole nitrogens is 1. The van der Waals surface area contributed by atoms with Crippen LogP contribution in [0.5, 0.6) is 5.75 Å². The van der Waals surface area contributed by atoms with Crippen LogP contribution in [0.1, 0.15) is 38.1 Å². The van der Waals surface area contributed by atoms with Crippen LogP contribution in [0.15, 0.2) is 4.79 Å². The third-order valence-electron chi connectivity index (χ3n) is 2.96. The van der Waals surface area contributed by atoms with E-state index in [0.29, 0.717) is 23.0 Å². The maximum Gasteiger partial charge on any atom is 0.256 e. The number of hydrogen-bond donors (Lipinski definition) is 2. The maximum atomic E-state index is 11.8. The lowest BCUT2D eigenvalue weighted by Crippen LogP contribution is -2.14. The van der Waals surface area contributed by atoms with Crippen molar-refractivity contribution >= 4 is 11.0 Å². The summed E-state index contributed by atoms with van der Waals surface area (Å²) in [5.41, 5.74) is 1.51. The molecule has 0 aromatic carbocycles. The highest BCUT2D eigenvalue weighted by Gasteiger charge is 2.18. The van der Waals surface area contributed by atoms with Crippen LogP contribution in [0.3, 0.4) is 0 Å². The van der Waals surface area contributed by atoms with E-state index >= 15 is 0 Å². The highest BCUT2D eigenvalue weighted by Crippen LogP contribution is 2.29. The van der Waals surface area contributed by atoms with Crippen molar-refractivity contribution < 1.29 is 5.11 Å². The Balaban J connectivity index is 2.93. The van der Waals surface area contributed by atoms with Crippen molar-refractivity contribution in [2.75, 3.05) is 0 Å². The van der Waals surface area contributed by atoms with E-state index in [9.17, 15) is 9.90 Å². The van der Waals surface area contributed by atoms with Gasteiger partial charge in [-0.25, -0.2) is 4.68 Å². The van der Waals surface area contributed by atoms with Gasteiger partial charge in [0.1, 0.15) is 11.4 Å². The van der Waals surface area contributed by atoms with Crippen molar-refractivity contribution in [3.8, 4) is 5.75 Å². The fourth-order valence-corrected chi connectivity index (χ4v) is 2.09. The van der Waals surface area contributed by atoms with Crippen molar-refractivity contribution in [3.05, 3.63) is 21.6 Å². The Bertz CT molecular complexity index is 623. The maximum absolute atomic E-state index is 11.8. The molecule has 0 aliphatic heterocycles. The van der Waals surface area contributed by atoms with Crippen LogP contribution in [0, 0.1) is 6.92 Å². The van der Waals surface area contributed by atoms with Crippen LogP contribution < -0.4 is 5.56 Å². The Hall–Kier alpha value is -1.78. The number of aromatic nitrogens is 3. The molecule has 17 heavy (non-hydrogen) atoms. The fraction of sp³-hybridized carbons (Fsp3) is 0.500. The monoisotopic (exact) mass is 235 g/mol. The van der Waals surface area contributed by atoms with Crippen molar-refractivity contribution in [2.24, 2.45) is 0 Å². The van der Waals surface area contributed by atoms with Gasteiger partial charge in [0.2, 0.25) is 0 Å². The molecule has 0 radical (unpaired) electrons. The molecule has 2 heterocycles. The zero-order valence-corrected chi connectivity index (χ0v) is 10.5. The number of rotatable bonds is 2. The molecule has 2 aromatic heterocycles. The van der Waals surface area contributed by atoms with Crippen LogP contribution in [0.25, 0.3) is 11.0 Å². The van der Waals surface area contributed by atoms with E-state index in [1.54, 1.807) is 4.68 Å². The predicted molar refractivity (Wildman–Crippen MR) is 66.5 cm³/mol. The average molecular weight is 235 g/mol. The van der Waals surface area contributed by atoms with Crippen molar-refractivity contribution in [1.29, 1.82) is 0 Å². The summed E-state index contributed by atoms with van der Waals surface area (Å²) in [6.07, 6.45) is 0.503. The van der Waals surface area contributed by atoms with Crippen LogP contribution in [-0.4, -0.2) is 19.9 Å². The van der Waals surface area contributed by atoms with Crippen molar-refractivity contribution in [3.63, 3.8) is 0 Å². The largest absolute Gasteiger partial charge is 0.507 e. The van der Waals surface area contributed by atoms with Crippen LogP contribution >= 0.6 is 0 Å². The molecule has 0 atom stereocenters. The number of pyridine rings is 1. The number of aromatic hydroxyl groups is 1. The van der Waals surface area contributed by atoms with Gasteiger partial charge in [-0.3, -0.25) is 4.79 Å². The number of aryl methyl sites for hydroxylation is 1. The Morgan fingerprint density at radius 2 is 2.12 bits per heavy atom. The summed E-state index contributed by atoms with van der Waals surface area (Å²) >= 11 is 0. The van der Waals surface area contributed by atoms with Gasteiger partial charge in [-0.05, 0) is 27.2 Å². The normalized spacial score (nSPS) is 11.6. The van der Waals surface area contributed by atoms with Gasteiger partial charge in [0.25, 0.3) is 5.56 Å². The second kappa shape index (κ2) is 3.91. The lowest BCUT2D eigenvalue weighted by atomic mass is 10.1. The van der Waals surface area contributed by atoms with Gasteiger partial charge < -0.3 is 10.1 Å². The van der Waals surface area contributed by atoms with Gasteiger partial charge in [0.05, 0.1) is 16.6 Å². The zero-order chi connectivity index (χ0) is 12.7. The minimum Gasteiger partial charge on any atom is -0.507 e. The molecular formula is C12H17N3O2.